The van der Waals surface area contributed by atoms with Crippen LogP contribution in [0.5, 0.6) is 11.5 Å². The number of anilines is 1. The van der Waals surface area contributed by atoms with Crippen molar-refractivity contribution in [3.8, 4) is 11.5 Å². The molecule has 0 aromatic heterocycles. The summed E-state index contributed by atoms with van der Waals surface area (Å²) in [5.74, 6) is 0.756. The zero-order valence-electron chi connectivity index (χ0n) is 8.88. The minimum Gasteiger partial charge on any atom is -0.454 e. The Kier molecular flexibility index (Phi) is 4.13. The highest BCUT2D eigenvalue weighted by atomic mass is 35.5. The highest BCUT2D eigenvalue weighted by Crippen LogP contribution is 2.39. The van der Waals surface area contributed by atoms with Crippen LogP contribution in [0.3, 0.4) is 0 Å². The maximum absolute atomic E-state index is 5.99. The van der Waals surface area contributed by atoms with Crippen LogP contribution in [-0.2, 0) is 0 Å². The zero-order chi connectivity index (χ0) is 13.3. The number of hydrogen-bond acceptors (Lipinski definition) is 2. The monoisotopic (exact) mass is 321 g/mol. The molecule has 2 N–H and O–H groups in total. The van der Waals surface area contributed by atoms with E-state index in [0.29, 0.717) is 37.3 Å². The second-order valence-corrected chi connectivity index (χ2v) is 5.08. The highest BCUT2D eigenvalue weighted by Gasteiger charge is 2.11. The number of halogens is 4. The van der Waals surface area contributed by atoms with Gasteiger partial charge in [-0.3, -0.25) is 0 Å². The molecule has 0 saturated carbocycles. The summed E-state index contributed by atoms with van der Waals surface area (Å²) in [4.78, 5) is 0. The van der Waals surface area contributed by atoms with E-state index in [0.717, 1.165) is 0 Å². The molecule has 0 spiro atoms. The van der Waals surface area contributed by atoms with Crippen LogP contribution in [0.15, 0.2) is 30.3 Å². The molecule has 0 aliphatic rings. The number of benzene rings is 2. The predicted molar refractivity (Wildman–Crippen MR) is 77.4 cm³/mol. The third-order valence-corrected chi connectivity index (χ3v) is 3.41. The second kappa shape index (κ2) is 5.45. The summed E-state index contributed by atoms with van der Waals surface area (Å²) in [6, 6.07) is 8.15. The molecule has 94 valence electrons. The van der Waals surface area contributed by atoms with Crippen LogP contribution in [0.25, 0.3) is 0 Å². The van der Waals surface area contributed by atoms with Gasteiger partial charge in [0.25, 0.3) is 0 Å². The van der Waals surface area contributed by atoms with Gasteiger partial charge in [0.05, 0.1) is 25.8 Å². The van der Waals surface area contributed by atoms with Gasteiger partial charge in [0.1, 0.15) is 5.75 Å². The van der Waals surface area contributed by atoms with Gasteiger partial charge in [0.2, 0.25) is 0 Å². The number of nitrogen functional groups attached to an aromatic ring is 1. The number of ether oxygens (including phenoxy) is 1. The Hall–Kier alpha value is -0.800. The summed E-state index contributed by atoms with van der Waals surface area (Å²) in [5, 5.41) is 1.40. The molecule has 0 aliphatic carbocycles. The van der Waals surface area contributed by atoms with E-state index in [1.165, 1.54) is 0 Å². The topological polar surface area (TPSA) is 35.2 Å². The Balaban J connectivity index is 2.41. The molecule has 2 aromatic rings. The Bertz CT molecular complexity index is 557. The molecular weight excluding hydrogens is 316 g/mol. The van der Waals surface area contributed by atoms with Gasteiger partial charge >= 0.3 is 0 Å². The van der Waals surface area contributed by atoms with Crippen molar-refractivity contribution in [3.63, 3.8) is 0 Å². The summed E-state index contributed by atoms with van der Waals surface area (Å²) < 4.78 is 5.57. The normalized spacial score (nSPS) is 10.4. The highest BCUT2D eigenvalue weighted by molar-refractivity contribution is 6.39. The Labute approximate surface area is 124 Å². The van der Waals surface area contributed by atoms with Crippen molar-refractivity contribution in [2.75, 3.05) is 5.73 Å². The smallest absolute Gasteiger partial charge is 0.164 e. The third-order valence-electron chi connectivity index (χ3n) is 2.19. The van der Waals surface area contributed by atoms with Gasteiger partial charge in [-0.15, -0.1) is 0 Å². The Morgan fingerprint density at radius 1 is 0.833 bits per heavy atom. The molecule has 0 atom stereocenters. The lowest BCUT2D eigenvalue weighted by atomic mass is 10.3. The number of rotatable bonds is 2. The first-order valence-corrected chi connectivity index (χ1v) is 6.36. The van der Waals surface area contributed by atoms with Crippen molar-refractivity contribution in [2.45, 2.75) is 0 Å². The SMILES string of the molecule is Nc1c(Cl)cc(Oc2c(Cl)cccc2Cl)cc1Cl. The first-order valence-electron chi connectivity index (χ1n) is 4.85. The van der Waals surface area contributed by atoms with Gasteiger partial charge < -0.3 is 10.5 Å². The van der Waals surface area contributed by atoms with Crippen LogP contribution in [0.2, 0.25) is 20.1 Å². The molecule has 0 unspecified atom stereocenters. The van der Waals surface area contributed by atoms with Crippen molar-refractivity contribution in [3.05, 3.63) is 50.4 Å². The number of hydrogen-bond donors (Lipinski definition) is 1. The van der Waals surface area contributed by atoms with Gasteiger partial charge in [-0.2, -0.15) is 0 Å². The lowest BCUT2D eigenvalue weighted by Crippen LogP contribution is -1.91. The lowest BCUT2D eigenvalue weighted by molar-refractivity contribution is 0.483. The van der Waals surface area contributed by atoms with Crippen molar-refractivity contribution < 1.29 is 4.74 Å². The fourth-order valence-electron chi connectivity index (χ4n) is 1.32. The standard InChI is InChI=1S/C12H7Cl4NO/c13-7-2-1-3-8(14)12(7)18-6-4-9(15)11(17)10(16)5-6/h1-5H,17H2. The number of para-hydroxylation sites is 1. The maximum Gasteiger partial charge on any atom is 0.164 e. The lowest BCUT2D eigenvalue weighted by Gasteiger charge is -2.11. The summed E-state index contributed by atoms with van der Waals surface area (Å²) in [5.41, 5.74) is 5.93. The van der Waals surface area contributed by atoms with Gasteiger partial charge in [0.15, 0.2) is 5.75 Å². The zero-order valence-corrected chi connectivity index (χ0v) is 11.9. The molecule has 18 heavy (non-hydrogen) atoms. The van der Waals surface area contributed by atoms with E-state index in [1.807, 2.05) is 0 Å². The van der Waals surface area contributed by atoms with Crippen molar-refractivity contribution >= 4 is 52.1 Å². The van der Waals surface area contributed by atoms with Crippen LogP contribution in [0.4, 0.5) is 5.69 Å². The van der Waals surface area contributed by atoms with Crippen LogP contribution >= 0.6 is 46.4 Å². The summed E-state index contributed by atoms with van der Waals surface area (Å²) in [6.07, 6.45) is 0. The molecule has 0 heterocycles. The van der Waals surface area contributed by atoms with E-state index in [2.05, 4.69) is 0 Å². The molecule has 0 bridgehead atoms. The molecule has 0 aliphatic heterocycles. The van der Waals surface area contributed by atoms with Crippen LogP contribution in [-0.4, -0.2) is 0 Å². The van der Waals surface area contributed by atoms with E-state index in [-0.39, 0.29) is 0 Å². The summed E-state index contributed by atoms with van der Waals surface area (Å²) in [6.45, 7) is 0. The van der Waals surface area contributed by atoms with Crippen LogP contribution in [0.1, 0.15) is 0 Å². The molecule has 0 fully saturated rings. The van der Waals surface area contributed by atoms with E-state index in [1.54, 1.807) is 30.3 Å². The van der Waals surface area contributed by atoms with E-state index in [9.17, 15) is 0 Å². The molecule has 2 rings (SSSR count). The molecular formula is C12H7Cl4NO. The largest absolute Gasteiger partial charge is 0.454 e. The van der Waals surface area contributed by atoms with Gasteiger partial charge in [-0.25, -0.2) is 0 Å². The quantitative estimate of drug-likeness (QED) is 0.722. The van der Waals surface area contributed by atoms with E-state index < -0.39 is 0 Å². The predicted octanol–water partition coefficient (Wildman–Crippen LogP) is 5.67. The number of nitrogens with two attached hydrogens (primary N) is 1. The van der Waals surface area contributed by atoms with Gasteiger partial charge in [-0.1, -0.05) is 52.5 Å². The van der Waals surface area contributed by atoms with Crippen LogP contribution in [0, 0.1) is 0 Å². The summed E-state index contributed by atoms with van der Waals surface area (Å²) in [7, 11) is 0. The molecule has 2 aromatic carbocycles. The average molecular weight is 323 g/mol. The molecule has 6 heteroatoms. The molecule has 0 radical (unpaired) electrons. The van der Waals surface area contributed by atoms with Crippen molar-refractivity contribution in [1.29, 1.82) is 0 Å². The van der Waals surface area contributed by atoms with Crippen molar-refractivity contribution in [1.82, 2.24) is 0 Å². The van der Waals surface area contributed by atoms with E-state index >= 15 is 0 Å². The van der Waals surface area contributed by atoms with Crippen LogP contribution < -0.4 is 10.5 Å². The average Bonchev–Trinajstić information content (AvgIpc) is 2.31. The fraction of sp³-hybridized carbons (Fsp3) is 0. The molecule has 2 nitrogen and oxygen atoms in total. The molecule has 0 saturated heterocycles. The minimum atomic E-state index is 0.302. The third kappa shape index (κ3) is 2.78. The maximum atomic E-state index is 5.99. The minimum absolute atomic E-state index is 0.302. The van der Waals surface area contributed by atoms with Gasteiger partial charge in [0, 0.05) is 12.1 Å². The first kappa shape index (κ1) is 13.6. The second-order valence-electron chi connectivity index (χ2n) is 3.45. The Morgan fingerprint density at radius 2 is 1.33 bits per heavy atom. The Morgan fingerprint density at radius 3 is 1.83 bits per heavy atom. The van der Waals surface area contributed by atoms with Crippen molar-refractivity contribution in [2.24, 2.45) is 0 Å². The van der Waals surface area contributed by atoms with Gasteiger partial charge in [-0.05, 0) is 12.1 Å². The molecule has 0 amide bonds. The fourth-order valence-corrected chi connectivity index (χ4v) is 2.26. The summed E-state index contributed by atoms with van der Waals surface area (Å²) >= 11 is 23.8. The first-order chi connectivity index (χ1) is 8.49. The van der Waals surface area contributed by atoms with E-state index in [4.69, 9.17) is 56.9 Å².